The predicted octanol–water partition coefficient (Wildman–Crippen LogP) is 2.74. The molecule has 0 aliphatic heterocycles. The lowest BCUT2D eigenvalue weighted by molar-refractivity contribution is 0.332. The molecule has 0 N–H and O–H groups in total. The van der Waals surface area contributed by atoms with E-state index in [-0.39, 0.29) is 0 Å². The van der Waals surface area contributed by atoms with Gasteiger partial charge in [-0.05, 0) is 33.5 Å². The zero-order valence-corrected chi connectivity index (χ0v) is 13.3. The van der Waals surface area contributed by atoms with Crippen molar-refractivity contribution in [3.63, 3.8) is 0 Å². The Morgan fingerprint density at radius 1 is 1.30 bits per heavy atom. The molecule has 6 heteroatoms. The summed E-state index contributed by atoms with van der Waals surface area (Å²) in [6.45, 7) is 12.7. The minimum atomic E-state index is 0.486. The van der Waals surface area contributed by atoms with Gasteiger partial charge >= 0.3 is 0 Å². The Morgan fingerprint density at radius 2 is 2.00 bits per heavy atom. The summed E-state index contributed by atoms with van der Waals surface area (Å²) in [5.41, 5.74) is 1.91. The summed E-state index contributed by atoms with van der Waals surface area (Å²) in [5, 5.41) is 8.28. The Kier molecular flexibility index (Phi) is 6.38. The van der Waals surface area contributed by atoms with Crippen LogP contribution in [-0.2, 0) is 13.1 Å². The molecule has 0 fully saturated rings. The van der Waals surface area contributed by atoms with Crippen molar-refractivity contribution in [3.05, 3.63) is 17.6 Å². The van der Waals surface area contributed by atoms with Crippen LogP contribution in [0.5, 0.6) is 0 Å². The standard InChI is InChI=1S/C12H19N5O.C2H6/c1-5-16(4)8-10-7-11(14-17(10)6-2)12-13-9(3)15-18-12;1-2/h7H,5-6,8H2,1-4H3;1-2H3. The average molecular weight is 279 g/mol. The summed E-state index contributed by atoms with van der Waals surface area (Å²) < 4.78 is 7.12. The van der Waals surface area contributed by atoms with Gasteiger partial charge in [0.2, 0.25) is 0 Å². The molecule has 0 saturated heterocycles. The number of aryl methyl sites for hydroxylation is 2. The molecule has 0 aromatic carbocycles. The molecule has 0 atom stereocenters. The van der Waals surface area contributed by atoms with E-state index in [0.29, 0.717) is 11.7 Å². The predicted molar refractivity (Wildman–Crippen MR) is 79.3 cm³/mol. The van der Waals surface area contributed by atoms with Crippen LogP contribution in [0, 0.1) is 6.92 Å². The van der Waals surface area contributed by atoms with Crippen molar-refractivity contribution in [2.24, 2.45) is 0 Å². The van der Waals surface area contributed by atoms with E-state index in [2.05, 4.69) is 41.0 Å². The van der Waals surface area contributed by atoms with Crippen molar-refractivity contribution < 1.29 is 4.52 Å². The maximum Gasteiger partial charge on any atom is 0.278 e. The molecular formula is C14H25N5O. The Labute approximate surface area is 120 Å². The second kappa shape index (κ2) is 7.79. The molecule has 0 aliphatic rings. The van der Waals surface area contributed by atoms with Crippen molar-refractivity contribution in [2.75, 3.05) is 13.6 Å². The van der Waals surface area contributed by atoms with E-state index in [1.165, 1.54) is 0 Å². The summed E-state index contributed by atoms with van der Waals surface area (Å²) in [4.78, 5) is 6.43. The molecule has 0 bridgehead atoms. The van der Waals surface area contributed by atoms with Gasteiger partial charge in [-0.1, -0.05) is 25.9 Å². The molecular weight excluding hydrogens is 254 g/mol. The Morgan fingerprint density at radius 3 is 2.50 bits per heavy atom. The lowest BCUT2D eigenvalue weighted by Crippen LogP contribution is -2.19. The van der Waals surface area contributed by atoms with Crippen molar-refractivity contribution in [3.8, 4) is 11.6 Å². The minimum Gasteiger partial charge on any atom is -0.332 e. The van der Waals surface area contributed by atoms with Gasteiger partial charge in [0.1, 0.15) is 0 Å². The van der Waals surface area contributed by atoms with Gasteiger partial charge in [-0.2, -0.15) is 10.1 Å². The van der Waals surface area contributed by atoms with E-state index in [4.69, 9.17) is 4.52 Å². The zero-order valence-electron chi connectivity index (χ0n) is 13.3. The zero-order chi connectivity index (χ0) is 15.1. The summed E-state index contributed by atoms with van der Waals surface area (Å²) >= 11 is 0. The first kappa shape index (κ1) is 16.4. The minimum absolute atomic E-state index is 0.486. The molecule has 0 unspecified atom stereocenters. The van der Waals surface area contributed by atoms with E-state index in [9.17, 15) is 0 Å². The molecule has 0 radical (unpaired) electrons. The van der Waals surface area contributed by atoms with Gasteiger partial charge in [0.25, 0.3) is 5.89 Å². The van der Waals surface area contributed by atoms with Gasteiger partial charge < -0.3 is 9.42 Å². The first-order valence-electron chi connectivity index (χ1n) is 7.20. The number of hydrogen-bond acceptors (Lipinski definition) is 5. The first-order valence-corrected chi connectivity index (χ1v) is 7.20. The summed E-state index contributed by atoms with van der Waals surface area (Å²) in [6, 6.07) is 2.02. The Bertz CT molecular complexity index is 517. The number of aromatic nitrogens is 4. The smallest absolute Gasteiger partial charge is 0.278 e. The van der Waals surface area contributed by atoms with Crippen molar-refractivity contribution in [1.29, 1.82) is 0 Å². The molecule has 20 heavy (non-hydrogen) atoms. The largest absolute Gasteiger partial charge is 0.332 e. The third-order valence-electron chi connectivity index (χ3n) is 2.88. The van der Waals surface area contributed by atoms with Crippen molar-refractivity contribution >= 4 is 0 Å². The molecule has 6 nitrogen and oxygen atoms in total. The van der Waals surface area contributed by atoms with Crippen molar-refractivity contribution in [1.82, 2.24) is 24.8 Å². The van der Waals surface area contributed by atoms with Gasteiger partial charge in [-0.3, -0.25) is 4.68 Å². The van der Waals surface area contributed by atoms with E-state index < -0.39 is 0 Å². The summed E-state index contributed by atoms with van der Waals surface area (Å²) in [6.07, 6.45) is 0. The fourth-order valence-electron chi connectivity index (χ4n) is 1.75. The highest BCUT2D eigenvalue weighted by molar-refractivity contribution is 5.46. The van der Waals surface area contributed by atoms with Gasteiger partial charge in [0.05, 0.1) is 5.69 Å². The van der Waals surface area contributed by atoms with Crippen LogP contribution in [-0.4, -0.2) is 38.4 Å². The Balaban J connectivity index is 0.000000956. The molecule has 112 valence electrons. The quantitative estimate of drug-likeness (QED) is 0.842. The van der Waals surface area contributed by atoms with Crippen LogP contribution in [0.2, 0.25) is 0 Å². The van der Waals surface area contributed by atoms with E-state index in [1.54, 1.807) is 6.92 Å². The molecule has 0 aliphatic carbocycles. The Hall–Kier alpha value is -1.69. The normalized spacial score (nSPS) is 10.6. The second-order valence-corrected chi connectivity index (χ2v) is 4.31. The molecule has 0 spiro atoms. The van der Waals surface area contributed by atoms with Gasteiger partial charge in [-0.25, -0.2) is 0 Å². The topological polar surface area (TPSA) is 60.0 Å². The van der Waals surface area contributed by atoms with Gasteiger partial charge in [-0.15, -0.1) is 0 Å². The first-order chi connectivity index (χ1) is 9.63. The third-order valence-corrected chi connectivity index (χ3v) is 2.88. The molecule has 2 aromatic rings. The molecule has 0 saturated carbocycles. The van der Waals surface area contributed by atoms with E-state index in [1.807, 2.05) is 24.6 Å². The van der Waals surface area contributed by atoms with Crippen LogP contribution in [0.15, 0.2) is 10.6 Å². The van der Waals surface area contributed by atoms with Crippen molar-refractivity contribution in [2.45, 2.75) is 47.7 Å². The number of hydrogen-bond donors (Lipinski definition) is 0. The molecule has 2 aromatic heterocycles. The third kappa shape index (κ3) is 3.90. The number of nitrogens with zero attached hydrogens (tertiary/aromatic N) is 5. The van der Waals surface area contributed by atoms with Gasteiger partial charge in [0.15, 0.2) is 11.5 Å². The molecule has 2 rings (SSSR count). The lowest BCUT2D eigenvalue weighted by Gasteiger charge is -2.13. The van der Waals surface area contributed by atoms with Gasteiger partial charge in [0, 0.05) is 13.1 Å². The van der Waals surface area contributed by atoms with Crippen LogP contribution < -0.4 is 0 Å². The monoisotopic (exact) mass is 279 g/mol. The maximum absolute atomic E-state index is 5.14. The highest BCUT2D eigenvalue weighted by Gasteiger charge is 2.14. The SMILES string of the molecule is CC.CCN(C)Cc1cc(-c2nc(C)no2)nn1CC. The fraction of sp³-hybridized carbons (Fsp3) is 0.643. The molecule has 2 heterocycles. The maximum atomic E-state index is 5.14. The van der Waals surface area contributed by atoms with E-state index >= 15 is 0 Å². The van der Waals surface area contributed by atoms with Crippen LogP contribution in [0.1, 0.15) is 39.2 Å². The van der Waals surface area contributed by atoms with Crippen LogP contribution in [0.25, 0.3) is 11.6 Å². The lowest BCUT2D eigenvalue weighted by atomic mass is 10.3. The highest BCUT2D eigenvalue weighted by atomic mass is 16.5. The fourth-order valence-corrected chi connectivity index (χ4v) is 1.75. The average Bonchev–Trinajstić information content (AvgIpc) is 3.07. The second-order valence-electron chi connectivity index (χ2n) is 4.31. The summed E-state index contributed by atoms with van der Waals surface area (Å²) in [5.74, 6) is 1.11. The van der Waals surface area contributed by atoms with Crippen LogP contribution in [0.3, 0.4) is 0 Å². The van der Waals surface area contributed by atoms with E-state index in [0.717, 1.165) is 31.0 Å². The van der Waals surface area contributed by atoms with Crippen LogP contribution >= 0.6 is 0 Å². The summed E-state index contributed by atoms with van der Waals surface area (Å²) in [7, 11) is 2.09. The van der Waals surface area contributed by atoms with Crippen LogP contribution in [0.4, 0.5) is 0 Å². The molecule has 0 amide bonds. The highest BCUT2D eigenvalue weighted by Crippen LogP contribution is 2.18. The number of rotatable bonds is 5.